The average Bonchev–Trinajstić information content (AvgIpc) is 3.27. The molecule has 1 aliphatic rings. The number of carbonyl (C=O) groups excluding carboxylic acids is 1. The average molecular weight is 382 g/mol. The van der Waals surface area contributed by atoms with Crippen LogP contribution in [0.3, 0.4) is 0 Å². The Labute approximate surface area is 153 Å². The van der Waals surface area contributed by atoms with Gasteiger partial charge in [-0.05, 0) is 32.8 Å². The number of halogens is 2. The van der Waals surface area contributed by atoms with E-state index in [1.54, 1.807) is 13.8 Å². The van der Waals surface area contributed by atoms with E-state index in [1.165, 1.54) is 15.4 Å². The van der Waals surface area contributed by atoms with Crippen molar-refractivity contribution < 1.29 is 18.5 Å². The van der Waals surface area contributed by atoms with E-state index in [0.717, 1.165) is 12.8 Å². The van der Waals surface area contributed by atoms with E-state index >= 15 is 0 Å². The van der Waals surface area contributed by atoms with Crippen LogP contribution in [0.4, 0.5) is 14.5 Å². The molecule has 146 valence electrons. The van der Waals surface area contributed by atoms with E-state index in [2.05, 4.69) is 15.5 Å². The highest BCUT2D eigenvalue weighted by atomic mass is 19.3. The second-order valence-corrected chi connectivity index (χ2v) is 6.58. The normalized spacial score (nSPS) is 14.0. The number of aryl methyl sites for hydroxylation is 1. The molecule has 0 unspecified atom stereocenters. The van der Waals surface area contributed by atoms with Gasteiger partial charge in [0.05, 0.1) is 11.5 Å². The molecule has 1 aliphatic carbocycles. The van der Waals surface area contributed by atoms with E-state index < -0.39 is 11.3 Å². The Morgan fingerprint density at radius 2 is 2.07 bits per heavy atom. The summed E-state index contributed by atoms with van der Waals surface area (Å²) in [6.45, 7) is 3.48. The minimum atomic E-state index is -2.67. The summed E-state index contributed by atoms with van der Waals surface area (Å²) in [7, 11) is 0. The monoisotopic (exact) mass is 382 g/mol. The van der Waals surface area contributed by atoms with Crippen molar-refractivity contribution >= 4 is 11.6 Å². The van der Waals surface area contributed by atoms with Gasteiger partial charge in [-0.2, -0.15) is 10.2 Å². The van der Waals surface area contributed by atoms with E-state index in [0.29, 0.717) is 17.1 Å². The quantitative estimate of drug-likeness (QED) is 0.556. The van der Waals surface area contributed by atoms with Gasteiger partial charge in [-0.15, -0.1) is 0 Å². The number of hydrogen-bond acceptors (Lipinski definition) is 5. The minimum Gasteiger partial charge on any atom is -0.353 e. The van der Waals surface area contributed by atoms with E-state index in [4.69, 9.17) is 0 Å². The maximum Gasteiger partial charge on any atom is 0.312 e. The molecular weight excluding hydrogens is 362 g/mol. The topological polar surface area (TPSA) is 108 Å². The Morgan fingerprint density at radius 3 is 2.63 bits per heavy atom. The first-order chi connectivity index (χ1) is 12.8. The lowest BCUT2D eigenvalue weighted by Gasteiger charge is -2.09. The van der Waals surface area contributed by atoms with Gasteiger partial charge >= 0.3 is 5.69 Å². The zero-order chi connectivity index (χ0) is 19.7. The first-order valence-electron chi connectivity index (χ1n) is 8.58. The van der Waals surface area contributed by atoms with E-state index in [-0.39, 0.29) is 42.8 Å². The van der Waals surface area contributed by atoms with Gasteiger partial charge in [-0.3, -0.25) is 24.3 Å². The Hall–Kier alpha value is -2.85. The fourth-order valence-corrected chi connectivity index (χ4v) is 3.06. The number of carbonyl (C=O) groups is 1. The lowest BCUT2D eigenvalue weighted by Crippen LogP contribution is -2.31. The molecule has 3 rings (SSSR count). The number of alkyl halides is 2. The third-order valence-corrected chi connectivity index (χ3v) is 4.51. The van der Waals surface area contributed by atoms with Crippen molar-refractivity contribution in [3.05, 3.63) is 39.0 Å². The third-order valence-electron chi connectivity index (χ3n) is 4.51. The van der Waals surface area contributed by atoms with Crippen molar-refractivity contribution in [2.45, 2.75) is 52.1 Å². The third kappa shape index (κ3) is 4.12. The molecule has 0 bridgehead atoms. The van der Waals surface area contributed by atoms with Crippen LogP contribution >= 0.6 is 0 Å². The highest BCUT2D eigenvalue weighted by Gasteiger charge is 2.30. The molecule has 0 atom stereocenters. The van der Waals surface area contributed by atoms with Crippen LogP contribution in [0, 0.1) is 24.0 Å². The Balaban J connectivity index is 1.58. The number of nitro groups is 1. The zero-order valence-electron chi connectivity index (χ0n) is 15.0. The standard InChI is InChI=1S/C16H20F2N6O3/c1-9-15(24(26)27)10(2)22(20-9)6-5-19-14(25)8-23-13(11-3-4-11)7-12(21-23)16(17)18/h7,11,16H,3-6,8H2,1-2H3,(H,19,25). The first kappa shape index (κ1) is 18.9. The Bertz CT molecular complexity index is 872. The van der Waals surface area contributed by atoms with Crippen molar-refractivity contribution in [3.63, 3.8) is 0 Å². The number of hydrogen-bond donors (Lipinski definition) is 1. The molecule has 1 N–H and O–H groups in total. The maximum absolute atomic E-state index is 12.9. The molecule has 11 heteroatoms. The summed E-state index contributed by atoms with van der Waals surface area (Å²) in [5.41, 5.74) is 1.03. The molecule has 1 fully saturated rings. The van der Waals surface area contributed by atoms with Crippen LogP contribution in [0.15, 0.2) is 6.07 Å². The van der Waals surface area contributed by atoms with Crippen molar-refractivity contribution in [1.82, 2.24) is 24.9 Å². The van der Waals surface area contributed by atoms with Crippen LogP contribution in [0.5, 0.6) is 0 Å². The number of nitrogens with one attached hydrogen (secondary N) is 1. The largest absolute Gasteiger partial charge is 0.353 e. The molecule has 1 amide bonds. The summed E-state index contributed by atoms with van der Waals surface area (Å²) in [4.78, 5) is 22.7. The number of aromatic nitrogens is 4. The van der Waals surface area contributed by atoms with Gasteiger partial charge in [0, 0.05) is 18.2 Å². The SMILES string of the molecule is Cc1nn(CCNC(=O)Cn2nc(C(F)F)cc2C2CC2)c(C)c1[N+](=O)[O-]. The van der Waals surface area contributed by atoms with Gasteiger partial charge < -0.3 is 5.32 Å². The molecule has 2 aromatic heterocycles. The molecule has 2 aromatic rings. The summed E-state index contributed by atoms with van der Waals surface area (Å²) < 4.78 is 28.5. The molecule has 27 heavy (non-hydrogen) atoms. The molecule has 0 saturated heterocycles. The van der Waals surface area contributed by atoms with Crippen molar-refractivity contribution in [1.29, 1.82) is 0 Å². The maximum atomic E-state index is 12.9. The van der Waals surface area contributed by atoms with Crippen LogP contribution in [-0.2, 0) is 17.9 Å². The van der Waals surface area contributed by atoms with Crippen molar-refractivity contribution in [2.24, 2.45) is 0 Å². The summed E-state index contributed by atoms with van der Waals surface area (Å²) >= 11 is 0. The van der Waals surface area contributed by atoms with Crippen LogP contribution in [-0.4, -0.2) is 36.9 Å². The summed E-state index contributed by atoms with van der Waals surface area (Å²) in [6, 6.07) is 1.37. The summed E-state index contributed by atoms with van der Waals surface area (Å²) in [6.07, 6.45) is -0.854. The predicted molar refractivity (Wildman–Crippen MR) is 90.5 cm³/mol. The highest BCUT2D eigenvalue weighted by Crippen LogP contribution is 2.41. The Kier molecular flexibility index (Phi) is 5.19. The fourth-order valence-electron chi connectivity index (χ4n) is 3.06. The van der Waals surface area contributed by atoms with E-state index in [9.17, 15) is 23.7 Å². The number of rotatable bonds is 8. The van der Waals surface area contributed by atoms with Gasteiger partial charge in [0.15, 0.2) is 0 Å². The molecule has 1 saturated carbocycles. The number of amides is 1. The predicted octanol–water partition coefficient (Wildman–Crippen LogP) is 2.24. The van der Waals surface area contributed by atoms with Gasteiger partial charge in [0.1, 0.15) is 23.6 Å². The molecule has 0 aromatic carbocycles. The summed E-state index contributed by atoms with van der Waals surface area (Å²) in [5, 5.41) is 21.6. The van der Waals surface area contributed by atoms with Crippen LogP contribution in [0.2, 0.25) is 0 Å². The summed E-state index contributed by atoms with van der Waals surface area (Å²) in [5.74, 6) is -0.176. The number of nitrogens with zero attached hydrogens (tertiary/aromatic N) is 5. The van der Waals surface area contributed by atoms with Crippen LogP contribution < -0.4 is 5.32 Å². The van der Waals surface area contributed by atoms with Gasteiger partial charge in [-0.25, -0.2) is 8.78 Å². The van der Waals surface area contributed by atoms with E-state index in [1.807, 2.05) is 0 Å². The van der Waals surface area contributed by atoms with Gasteiger partial charge in [0.2, 0.25) is 5.91 Å². The highest BCUT2D eigenvalue weighted by molar-refractivity contribution is 5.75. The smallest absolute Gasteiger partial charge is 0.312 e. The zero-order valence-corrected chi connectivity index (χ0v) is 15.0. The fraction of sp³-hybridized carbons (Fsp3) is 0.562. The van der Waals surface area contributed by atoms with Crippen LogP contribution in [0.25, 0.3) is 0 Å². The molecule has 0 radical (unpaired) electrons. The minimum absolute atomic E-state index is 0.0357. The second kappa shape index (κ2) is 7.41. The molecule has 0 spiro atoms. The molecule has 2 heterocycles. The van der Waals surface area contributed by atoms with Crippen molar-refractivity contribution in [3.8, 4) is 0 Å². The lowest BCUT2D eigenvalue weighted by atomic mass is 10.2. The van der Waals surface area contributed by atoms with Crippen molar-refractivity contribution in [2.75, 3.05) is 6.54 Å². The molecule has 0 aliphatic heterocycles. The molecule has 9 nitrogen and oxygen atoms in total. The van der Waals surface area contributed by atoms with Gasteiger partial charge in [-0.1, -0.05) is 0 Å². The lowest BCUT2D eigenvalue weighted by molar-refractivity contribution is -0.386. The van der Waals surface area contributed by atoms with Crippen LogP contribution in [0.1, 0.15) is 48.0 Å². The Morgan fingerprint density at radius 1 is 1.37 bits per heavy atom. The first-order valence-corrected chi connectivity index (χ1v) is 8.58. The second-order valence-electron chi connectivity index (χ2n) is 6.58. The van der Waals surface area contributed by atoms with Gasteiger partial charge in [0.25, 0.3) is 6.43 Å². The molecular formula is C16H20F2N6O3.